The molecule has 0 N–H and O–H groups in total. The van der Waals surface area contributed by atoms with Crippen molar-refractivity contribution in [1.29, 1.82) is 0 Å². The van der Waals surface area contributed by atoms with Crippen molar-refractivity contribution in [3.8, 4) is 0 Å². The SMILES string of the molecule is CCN(Cc1ccccc1)S(=O)(=O)c1ccc(C(=O)N=c2sc3cc(F)ccc3n2C)cc1. The Morgan fingerprint density at radius 1 is 1.06 bits per heavy atom. The number of carbonyl (C=O) groups is 1. The number of nitrogens with zero attached hydrogens (tertiary/aromatic N) is 3. The minimum atomic E-state index is -3.72. The van der Waals surface area contributed by atoms with E-state index >= 15 is 0 Å². The minimum Gasteiger partial charge on any atom is -0.319 e. The molecule has 1 aromatic heterocycles. The molecule has 170 valence electrons. The van der Waals surface area contributed by atoms with Crippen molar-refractivity contribution in [2.75, 3.05) is 6.54 Å². The number of sulfonamides is 1. The smallest absolute Gasteiger partial charge is 0.279 e. The first-order chi connectivity index (χ1) is 15.8. The van der Waals surface area contributed by atoms with E-state index in [9.17, 15) is 17.6 Å². The number of halogens is 1. The third kappa shape index (κ3) is 4.80. The molecule has 9 heteroatoms. The average molecular weight is 484 g/mol. The molecule has 4 rings (SSSR count). The zero-order valence-electron chi connectivity index (χ0n) is 18.1. The molecule has 0 radical (unpaired) electrons. The lowest BCUT2D eigenvalue weighted by molar-refractivity contribution is 0.0998. The number of carbonyl (C=O) groups excluding carboxylic acids is 1. The molecular weight excluding hydrogens is 461 g/mol. The van der Waals surface area contributed by atoms with Gasteiger partial charge < -0.3 is 4.57 Å². The van der Waals surface area contributed by atoms with Crippen LogP contribution < -0.4 is 4.80 Å². The van der Waals surface area contributed by atoms with Crippen molar-refractivity contribution >= 4 is 37.5 Å². The standard InChI is InChI=1S/C24H22FN3O3S2/c1-3-28(16-17-7-5-4-6-8-17)33(30,31)20-12-9-18(10-13-20)23(29)26-24-27(2)21-14-11-19(25)15-22(21)32-24/h4-15H,3,16H2,1-2H3. The molecule has 0 aliphatic rings. The highest BCUT2D eigenvalue weighted by atomic mass is 32.2. The summed E-state index contributed by atoms with van der Waals surface area (Å²) >= 11 is 1.21. The van der Waals surface area contributed by atoms with E-state index in [2.05, 4.69) is 4.99 Å². The molecule has 0 spiro atoms. The van der Waals surface area contributed by atoms with Crippen LogP contribution in [0.25, 0.3) is 10.2 Å². The summed E-state index contributed by atoms with van der Waals surface area (Å²) in [5, 5.41) is 0. The van der Waals surface area contributed by atoms with Gasteiger partial charge in [-0.2, -0.15) is 9.30 Å². The average Bonchev–Trinajstić information content (AvgIpc) is 3.12. The van der Waals surface area contributed by atoms with Crippen LogP contribution in [0.4, 0.5) is 4.39 Å². The van der Waals surface area contributed by atoms with Gasteiger partial charge >= 0.3 is 0 Å². The number of thiazole rings is 1. The summed E-state index contributed by atoms with van der Waals surface area (Å²) < 4.78 is 43.5. The zero-order valence-corrected chi connectivity index (χ0v) is 19.7. The summed E-state index contributed by atoms with van der Waals surface area (Å²) in [5.41, 5.74) is 1.93. The number of benzene rings is 3. The van der Waals surface area contributed by atoms with Crippen LogP contribution in [0.2, 0.25) is 0 Å². The van der Waals surface area contributed by atoms with E-state index in [0.29, 0.717) is 16.0 Å². The van der Waals surface area contributed by atoms with Crippen LogP contribution in [0.1, 0.15) is 22.8 Å². The molecule has 6 nitrogen and oxygen atoms in total. The van der Waals surface area contributed by atoms with Crippen molar-refractivity contribution in [2.45, 2.75) is 18.4 Å². The predicted octanol–water partition coefficient (Wildman–Crippen LogP) is 4.33. The summed E-state index contributed by atoms with van der Waals surface area (Å²) in [4.78, 5) is 17.4. The summed E-state index contributed by atoms with van der Waals surface area (Å²) in [6.07, 6.45) is 0. The van der Waals surface area contributed by atoms with E-state index in [0.717, 1.165) is 11.1 Å². The minimum absolute atomic E-state index is 0.111. The predicted molar refractivity (Wildman–Crippen MR) is 127 cm³/mol. The van der Waals surface area contributed by atoms with Gasteiger partial charge in [-0.25, -0.2) is 12.8 Å². The van der Waals surface area contributed by atoms with Crippen molar-refractivity contribution < 1.29 is 17.6 Å². The molecule has 4 aromatic rings. The van der Waals surface area contributed by atoms with Gasteiger partial charge in [0.1, 0.15) is 5.82 Å². The van der Waals surface area contributed by atoms with E-state index < -0.39 is 15.9 Å². The zero-order chi connectivity index (χ0) is 23.6. The number of hydrogen-bond donors (Lipinski definition) is 0. The Kier molecular flexibility index (Phi) is 6.55. The van der Waals surface area contributed by atoms with Gasteiger partial charge in [-0.3, -0.25) is 4.79 Å². The second-order valence-electron chi connectivity index (χ2n) is 7.41. The van der Waals surface area contributed by atoms with Crippen LogP contribution >= 0.6 is 11.3 Å². The van der Waals surface area contributed by atoms with Crippen molar-refractivity contribution in [1.82, 2.24) is 8.87 Å². The molecule has 0 unspecified atom stereocenters. The maximum absolute atomic E-state index is 13.5. The van der Waals surface area contributed by atoms with Gasteiger partial charge in [-0.15, -0.1) is 0 Å². The molecule has 0 bridgehead atoms. The third-order valence-electron chi connectivity index (χ3n) is 5.26. The highest BCUT2D eigenvalue weighted by molar-refractivity contribution is 7.89. The lowest BCUT2D eigenvalue weighted by atomic mass is 10.2. The Morgan fingerprint density at radius 2 is 1.76 bits per heavy atom. The van der Waals surface area contributed by atoms with Crippen LogP contribution in [-0.2, 0) is 23.6 Å². The highest BCUT2D eigenvalue weighted by Crippen LogP contribution is 2.20. The lowest BCUT2D eigenvalue weighted by Gasteiger charge is -2.20. The fraction of sp³-hybridized carbons (Fsp3) is 0.167. The molecule has 33 heavy (non-hydrogen) atoms. The molecule has 0 atom stereocenters. The van der Waals surface area contributed by atoms with Crippen molar-refractivity contribution in [2.24, 2.45) is 12.0 Å². The lowest BCUT2D eigenvalue weighted by Crippen LogP contribution is -2.30. The maximum atomic E-state index is 13.5. The summed E-state index contributed by atoms with van der Waals surface area (Å²) in [7, 11) is -1.97. The Hall–Kier alpha value is -3.14. The maximum Gasteiger partial charge on any atom is 0.279 e. The number of aryl methyl sites for hydroxylation is 1. The molecule has 0 aliphatic carbocycles. The highest BCUT2D eigenvalue weighted by Gasteiger charge is 2.23. The Morgan fingerprint density at radius 3 is 2.42 bits per heavy atom. The molecule has 0 aliphatic heterocycles. The Bertz CT molecular complexity index is 1480. The number of fused-ring (bicyclic) bond motifs is 1. The Labute approximate surface area is 195 Å². The third-order valence-corrected chi connectivity index (χ3v) is 8.29. The number of hydrogen-bond acceptors (Lipinski definition) is 4. The largest absolute Gasteiger partial charge is 0.319 e. The monoisotopic (exact) mass is 483 g/mol. The molecule has 1 amide bonds. The van der Waals surface area contributed by atoms with Gasteiger partial charge in [0.25, 0.3) is 5.91 Å². The van der Waals surface area contributed by atoms with Gasteiger partial charge in [0.2, 0.25) is 10.0 Å². The van der Waals surface area contributed by atoms with E-state index in [1.165, 1.54) is 52.0 Å². The first-order valence-corrected chi connectivity index (χ1v) is 12.5. The van der Waals surface area contributed by atoms with E-state index in [1.54, 1.807) is 24.6 Å². The van der Waals surface area contributed by atoms with Gasteiger partial charge in [0, 0.05) is 25.7 Å². The fourth-order valence-corrected chi connectivity index (χ4v) is 5.92. The van der Waals surface area contributed by atoms with Gasteiger partial charge in [-0.05, 0) is 48.0 Å². The van der Waals surface area contributed by atoms with Gasteiger partial charge in [0.15, 0.2) is 4.80 Å². The van der Waals surface area contributed by atoms with Crippen molar-refractivity contribution in [3.63, 3.8) is 0 Å². The molecular formula is C24H22FN3O3S2. The van der Waals surface area contributed by atoms with E-state index in [1.807, 2.05) is 30.3 Å². The van der Waals surface area contributed by atoms with Crippen LogP contribution in [-0.4, -0.2) is 29.7 Å². The van der Waals surface area contributed by atoms with Crippen LogP contribution in [0, 0.1) is 5.82 Å². The van der Waals surface area contributed by atoms with Crippen LogP contribution in [0.15, 0.2) is 82.7 Å². The number of rotatable bonds is 6. The van der Waals surface area contributed by atoms with E-state index in [-0.39, 0.29) is 22.8 Å². The normalized spacial score (nSPS) is 12.5. The van der Waals surface area contributed by atoms with Gasteiger partial charge in [0.05, 0.1) is 15.1 Å². The summed E-state index contributed by atoms with van der Waals surface area (Å²) in [6, 6.07) is 19.5. The molecule has 1 heterocycles. The summed E-state index contributed by atoms with van der Waals surface area (Å²) in [6.45, 7) is 2.36. The second-order valence-corrected chi connectivity index (χ2v) is 10.4. The number of aromatic nitrogens is 1. The number of amides is 1. The Balaban J connectivity index is 1.59. The first kappa shape index (κ1) is 23.0. The van der Waals surface area contributed by atoms with Crippen molar-refractivity contribution in [3.05, 3.63) is 94.5 Å². The van der Waals surface area contributed by atoms with E-state index in [4.69, 9.17) is 0 Å². The van der Waals surface area contributed by atoms with Crippen LogP contribution in [0.3, 0.4) is 0 Å². The summed E-state index contributed by atoms with van der Waals surface area (Å²) in [5.74, 6) is -0.856. The second kappa shape index (κ2) is 9.38. The van der Waals surface area contributed by atoms with Gasteiger partial charge in [-0.1, -0.05) is 48.6 Å². The molecule has 3 aromatic carbocycles. The van der Waals surface area contributed by atoms with Crippen LogP contribution in [0.5, 0.6) is 0 Å². The quantitative estimate of drug-likeness (QED) is 0.410. The molecule has 0 saturated heterocycles. The fourth-order valence-electron chi connectivity index (χ4n) is 3.44. The molecule has 0 saturated carbocycles. The topological polar surface area (TPSA) is 71.7 Å². The first-order valence-electron chi connectivity index (χ1n) is 10.3. The molecule has 0 fully saturated rings.